The van der Waals surface area contributed by atoms with Gasteiger partial charge in [-0.3, -0.25) is 4.79 Å². The van der Waals surface area contributed by atoms with Gasteiger partial charge in [-0.25, -0.2) is 4.98 Å². The van der Waals surface area contributed by atoms with Gasteiger partial charge in [0, 0.05) is 23.5 Å². The molecule has 72 valence electrons. The van der Waals surface area contributed by atoms with E-state index in [-0.39, 0.29) is 5.56 Å². The van der Waals surface area contributed by atoms with Crippen LogP contribution in [0.1, 0.15) is 13.3 Å². The molecule has 1 aromatic heterocycles. The van der Waals surface area contributed by atoms with Crippen LogP contribution >= 0.6 is 23.4 Å². The van der Waals surface area contributed by atoms with Gasteiger partial charge in [0.1, 0.15) is 0 Å². The second kappa shape index (κ2) is 5.29. The van der Waals surface area contributed by atoms with Crippen LogP contribution in [0.2, 0.25) is 0 Å². The van der Waals surface area contributed by atoms with Gasteiger partial charge in [-0.1, -0.05) is 18.7 Å². The Balaban J connectivity index is 2.63. The molecule has 1 aromatic rings. The van der Waals surface area contributed by atoms with Crippen LogP contribution in [0.5, 0.6) is 0 Å². The van der Waals surface area contributed by atoms with Crippen LogP contribution in [-0.4, -0.2) is 21.1 Å². The van der Waals surface area contributed by atoms with E-state index in [0.29, 0.717) is 16.2 Å². The number of nitrogens with zero attached hydrogens (tertiary/aromatic N) is 1. The van der Waals surface area contributed by atoms with Crippen molar-refractivity contribution < 1.29 is 0 Å². The molecule has 1 unspecified atom stereocenters. The number of alkyl halides is 1. The summed E-state index contributed by atoms with van der Waals surface area (Å²) in [5, 5.41) is 0.841. The molecule has 0 spiro atoms. The molecule has 3 nitrogen and oxygen atoms in total. The Morgan fingerprint density at radius 1 is 1.77 bits per heavy atom. The van der Waals surface area contributed by atoms with E-state index in [9.17, 15) is 4.79 Å². The van der Waals surface area contributed by atoms with E-state index < -0.39 is 0 Å². The second-order valence-corrected chi connectivity index (χ2v) is 4.43. The highest BCUT2D eigenvalue weighted by molar-refractivity contribution is 7.99. The minimum Gasteiger partial charge on any atom is -0.325 e. The van der Waals surface area contributed by atoms with E-state index >= 15 is 0 Å². The molecule has 1 rings (SSSR count). The summed E-state index contributed by atoms with van der Waals surface area (Å²) in [5.74, 6) is 0.610. The summed E-state index contributed by atoms with van der Waals surface area (Å²) in [6.45, 7) is 2.03. The highest BCUT2D eigenvalue weighted by Gasteiger charge is 2.07. The number of halogens is 1. The van der Waals surface area contributed by atoms with Gasteiger partial charge < -0.3 is 4.98 Å². The van der Waals surface area contributed by atoms with Crippen LogP contribution in [-0.2, 0) is 0 Å². The maximum atomic E-state index is 11.2. The first-order chi connectivity index (χ1) is 6.24. The predicted octanol–water partition coefficient (Wildman–Crippen LogP) is 1.88. The summed E-state index contributed by atoms with van der Waals surface area (Å²) in [5.41, 5.74) is -0.131. The van der Waals surface area contributed by atoms with Gasteiger partial charge in [0.25, 0.3) is 5.56 Å². The zero-order valence-corrected chi connectivity index (χ0v) is 8.86. The van der Waals surface area contributed by atoms with Gasteiger partial charge in [-0.15, -0.1) is 11.6 Å². The molecule has 0 fully saturated rings. The van der Waals surface area contributed by atoms with Crippen molar-refractivity contribution in [3.8, 4) is 0 Å². The molecule has 0 radical (unpaired) electrons. The van der Waals surface area contributed by atoms with Crippen molar-refractivity contribution in [1.29, 1.82) is 0 Å². The number of aromatic amines is 1. The van der Waals surface area contributed by atoms with Crippen LogP contribution in [0.15, 0.2) is 22.2 Å². The number of rotatable bonds is 4. The average molecular weight is 219 g/mol. The lowest BCUT2D eigenvalue weighted by molar-refractivity contribution is 0.899. The van der Waals surface area contributed by atoms with Crippen molar-refractivity contribution in [3.63, 3.8) is 0 Å². The van der Waals surface area contributed by atoms with Gasteiger partial charge >= 0.3 is 0 Å². The van der Waals surface area contributed by atoms with Gasteiger partial charge in [0.2, 0.25) is 0 Å². The molecule has 13 heavy (non-hydrogen) atoms. The molecule has 0 aliphatic rings. The van der Waals surface area contributed by atoms with Gasteiger partial charge in [0.15, 0.2) is 5.03 Å². The molecular formula is C8H11ClN2OS. The summed E-state index contributed by atoms with van der Waals surface area (Å²) in [6, 6.07) is 0. The van der Waals surface area contributed by atoms with E-state index in [4.69, 9.17) is 11.6 Å². The van der Waals surface area contributed by atoms with E-state index in [1.54, 1.807) is 6.20 Å². The Morgan fingerprint density at radius 2 is 2.54 bits per heavy atom. The standard InChI is InChI=1S/C8H11ClN2OS/c1-6(2-3-9)13-8-7(12)10-4-5-11-8/h4-6H,2-3H2,1H3,(H,10,12). The Labute approximate surface area is 85.9 Å². The van der Waals surface area contributed by atoms with Crippen molar-refractivity contribution in [1.82, 2.24) is 9.97 Å². The van der Waals surface area contributed by atoms with Crippen LogP contribution in [0.3, 0.4) is 0 Å². The molecule has 0 bridgehead atoms. The minimum atomic E-state index is -0.131. The van der Waals surface area contributed by atoms with E-state index in [0.717, 1.165) is 6.42 Å². The number of hydrogen-bond donors (Lipinski definition) is 1. The van der Waals surface area contributed by atoms with Crippen molar-refractivity contribution in [2.45, 2.75) is 23.6 Å². The molecule has 1 atom stereocenters. The van der Waals surface area contributed by atoms with Crippen LogP contribution < -0.4 is 5.56 Å². The van der Waals surface area contributed by atoms with Crippen molar-refractivity contribution in [2.75, 3.05) is 5.88 Å². The molecule has 0 aromatic carbocycles. The number of hydrogen-bond acceptors (Lipinski definition) is 3. The zero-order chi connectivity index (χ0) is 9.68. The molecule has 0 amide bonds. The number of nitrogens with one attached hydrogen (secondary N) is 1. The highest BCUT2D eigenvalue weighted by Crippen LogP contribution is 2.19. The Morgan fingerprint density at radius 3 is 3.15 bits per heavy atom. The molecule has 5 heteroatoms. The normalized spacial score (nSPS) is 12.8. The second-order valence-electron chi connectivity index (χ2n) is 2.63. The van der Waals surface area contributed by atoms with Crippen LogP contribution in [0, 0.1) is 0 Å². The topological polar surface area (TPSA) is 45.8 Å². The van der Waals surface area contributed by atoms with Crippen LogP contribution in [0.25, 0.3) is 0 Å². The van der Waals surface area contributed by atoms with Gasteiger partial charge in [-0.2, -0.15) is 0 Å². The van der Waals surface area contributed by atoms with Crippen molar-refractivity contribution in [3.05, 3.63) is 22.7 Å². The molecular weight excluding hydrogens is 208 g/mol. The summed E-state index contributed by atoms with van der Waals surface area (Å²) < 4.78 is 0. The zero-order valence-electron chi connectivity index (χ0n) is 7.29. The fraction of sp³-hybridized carbons (Fsp3) is 0.500. The summed E-state index contributed by atoms with van der Waals surface area (Å²) >= 11 is 7.04. The third-order valence-electron chi connectivity index (χ3n) is 1.50. The molecule has 0 saturated carbocycles. The lowest BCUT2D eigenvalue weighted by atomic mass is 10.4. The lowest BCUT2D eigenvalue weighted by Gasteiger charge is -2.06. The Kier molecular flexibility index (Phi) is 4.32. The summed E-state index contributed by atoms with van der Waals surface area (Å²) in [6.07, 6.45) is 3.98. The van der Waals surface area contributed by atoms with Gasteiger partial charge in [0.05, 0.1) is 0 Å². The highest BCUT2D eigenvalue weighted by atomic mass is 35.5. The largest absolute Gasteiger partial charge is 0.325 e. The predicted molar refractivity (Wildman–Crippen MR) is 55.5 cm³/mol. The third kappa shape index (κ3) is 3.40. The third-order valence-corrected chi connectivity index (χ3v) is 2.87. The maximum absolute atomic E-state index is 11.2. The molecule has 0 aliphatic heterocycles. The first-order valence-electron chi connectivity index (χ1n) is 4.00. The Hall–Kier alpha value is -0.480. The van der Waals surface area contributed by atoms with Crippen molar-refractivity contribution in [2.24, 2.45) is 0 Å². The van der Waals surface area contributed by atoms with E-state index in [1.807, 2.05) is 6.92 Å². The maximum Gasteiger partial charge on any atom is 0.280 e. The van der Waals surface area contributed by atoms with E-state index in [1.165, 1.54) is 18.0 Å². The number of H-pyrrole nitrogens is 1. The van der Waals surface area contributed by atoms with E-state index in [2.05, 4.69) is 9.97 Å². The fourth-order valence-electron chi connectivity index (χ4n) is 0.825. The quantitative estimate of drug-likeness (QED) is 0.620. The van der Waals surface area contributed by atoms with Crippen LogP contribution in [0.4, 0.5) is 0 Å². The Bertz CT molecular complexity index is 315. The average Bonchev–Trinajstić information content (AvgIpc) is 2.09. The van der Waals surface area contributed by atoms with Gasteiger partial charge in [-0.05, 0) is 6.42 Å². The molecule has 0 saturated heterocycles. The molecule has 1 N–H and O–H groups in total. The minimum absolute atomic E-state index is 0.131. The SMILES string of the molecule is CC(CCCl)Sc1ncc[nH]c1=O. The fourth-order valence-corrected chi connectivity index (χ4v) is 2.19. The molecule has 1 heterocycles. The lowest BCUT2D eigenvalue weighted by Crippen LogP contribution is -2.11. The van der Waals surface area contributed by atoms with Crippen molar-refractivity contribution >= 4 is 23.4 Å². The smallest absolute Gasteiger partial charge is 0.280 e. The summed E-state index contributed by atoms with van der Waals surface area (Å²) in [7, 11) is 0. The monoisotopic (exact) mass is 218 g/mol. The first-order valence-corrected chi connectivity index (χ1v) is 5.41. The molecule has 0 aliphatic carbocycles. The first kappa shape index (κ1) is 10.6. The summed E-state index contributed by atoms with van der Waals surface area (Å²) in [4.78, 5) is 17.7. The number of aromatic nitrogens is 2. The number of thioether (sulfide) groups is 1.